The first kappa shape index (κ1) is 23.9. The summed E-state index contributed by atoms with van der Waals surface area (Å²) in [5, 5.41) is 0. The molecule has 0 heterocycles. The Morgan fingerprint density at radius 3 is 1.92 bits per heavy atom. The van der Waals surface area contributed by atoms with Gasteiger partial charge in [-0.25, -0.2) is 0 Å². The van der Waals surface area contributed by atoms with Crippen LogP contribution in [-0.4, -0.2) is 6.21 Å². The SMILES string of the molecule is C=C(C)C.CC.CC.Cc1cccc(C=Nc2ccc(N)cc2)c1. The van der Waals surface area contributed by atoms with Gasteiger partial charge in [0.1, 0.15) is 0 Å². The molecule has 24 heavy (non-hydrogen) atoms. The summed E-state index contributed by atoms with van der Waals surface area (Å²) in [4.78, 5) is 4.38. The number of rotatable bonds is 2. The van der Waals surface area contributed by atoms with Gasteiger partial charge in [-0.15, -0.1) is 6.58 Å². The molecule has 0 aliphatic heterocycles. The lowest BCUT2D eigenvalue weighted by Crippen LogP contribution is -1.83. The minimum Gasteiger partial charge on any atom is -0.399 e. The van der Waals surface area contributed by atoms with Gasteiger partial charge in [-0.05, 0) is 50.6 Å². The van der Waals surface area contributed by atoms with Crippen LogP contribution in [0.1, 0.15) is 52.7 Å². The van der Waals surface area contributed by atoms with E-state index in [9.17, 15) is 0 Å². The van der Waals surface area contributed by atoms with E-state index in [-0.39, 0.29) is 0 Å². The maximum Gasteiger partial charge on any atom is 0.0631 e. The molecule has 0 radical (unpaired) electrons. The molecule has 2 nitrogen and oxygen atoms in total. The van der Waals surface area contributed by atoms with Crippen molar-refractivity contribution >= 4 is 17.6 Å². The Morgan fingerprint density at radius 2 is 1.46 bits per heavy atom. The Bertz CT molecular complexity index is 577. The van der Waals surface area contributed by atoms with Crippen molar-refractivity contribution in [2.24, 2.45) is 4.99 Å². The predicted molar refractivity (Wildman–Crippen MR) is 112 cm³/mol. The van der Waals surface area contributed by atoms with E-state index in [1.807, 2.05) is 84.2 Å². The number of nitrogens with zero attached hydrogens (tertiary/aromatic N) is 1. The second-order valence-corrected chi connectivity index (χ2v) is 4.97. The number of nitrogens with two attached hydrogens (primary N) is 1. The van der Waals surface area contributed by atoms with Gasteiger partial charge in [0.15, 0.2) is 0 Å². The van der Waals surface area contributed by atoms with E-state index in [4.69, 9.17) is 5.73 Å². The zero-order valence-electron chi connectivity index (χ0n) is 16.4. The zero-order chi connectivity index (χ0) is 19.0. The van der Waals surface area contributed by atoms with E-state index in [0.717, 1.165) is 16.9 Å². The average Bonchev–Trinajstić information content (AvgIpc) is 2.58. The normalized spacial score (nSPS) is 8.79. The molecular weight excluding hydrogens is 292 g/mol. The van der Waals surface area contributed by atoms with Crippen molar-refractivity contribution in [3.63, 3.8) is 0 Å². The van der Waals surface area contributed by atoms with Gasteiger partial charge >= 0.3 is 0 Å². The van der Waals surface area contributed by atoms with E-state index in [1.54, 1.807) is 0 Å². The van der Waals surface area contributed by atoms with Gasteiger partial charge in [-0.1, -0.05) is 63.1 Å². The van der Waals surface area contributed by atoms with Crippen LogP contribution in [0, 0.1) is 6.92 Å². The lowest BCUT2D eigenvalue weighted by molar-refractivity contribution is 1.42. The van der Waals surface area contributed by atoms with Crippen LogP contribution in [-0.2, 0) is 0 Å². The Kier molecular flexibility index (Phi) is 15.5. The van der Waals surface area contributed by atoms with Crippen LogP contribution >= 0.6 is 0 Å². The van der Waals surface area contributed by atoms with Gasteiger partial charge in [0.05, 0.1) is 5.69 Å². The number of aryl methyl sites for hydroxylation is 1. The molecule has 0 atom stereocenters. The van der Waals surface area contributed by atoms with E-state index in [1.165, 1.54) is 11.1 Å². The van der Waals surface area contributed by atoms with Crippen LogP contribution in [0.15, 0.2) is 65.7 Å². The Balaban J connectivity index is 0. The first-order valence-corrected chi connectivity index (χ1v) is 8.56. The van der Waals surface area contributed by atoms with Crippen LogP contribution in [0.3, 0.4) is 0 Å². The van der Waals surface area contributed by atoms with Gasteiger partial charge in [0, 0.05) is 11.9 Å². The molecule has 0 aliphatic rings. The fraction of sp³-hybridized carbons (Fsp3) is 0.318. The Hall–Kier alpha value is -2.35. The minimum atomic E-state index is 0.759. The highest BCUT2D eigenvalue weighted by Gasteiger charge is 1.90. The second kappa shape index (κ2) is 15.5. The Labute approximate surface area is 149 Å². The van der Waals surface area contributed by atoms with Gasteiger partial charge in [0.2, 0.25) is 0 Å². The lowest BCUT2D eigenvalue weighted by Gasteiger charge is -1.96. The van der Waals surface area contributed by atoms with Gasteiger partial charge < -0.3 is 5.73 Å². The molecule has 0 bridgehead atoms. The van der Waals surface area contributed by atoms with E-state index < -0.39 is 0 Å². The van der Waals surface area contributed by atoms with Crippen molar-refractivity contribution < 1.29 is 0 Å². The number of anilines is 1. The third-order valence-electron chi connectivity index (χ3n) is 2.30. The molecule has 132 valence electrons. The zero-order valence-corrected chi connectivity index (χ0v) is 16.4. The van der Waals surface area contributed by atoms with Crippen molar-refractivity contribution in [1.29, 1.82) is 0 Å². The molecule has 2 aromatic carbocycles. The molecule has 0 amide bonds. The van der Waals surface area contributed by atoms with Crippen molar-refractivity contribution in [2.45, 2.75) is 48.5 Å². The van der Waals surface area contributed by atoms with Crippen LogP contribution in [0.25, 0.3) is 0 Å². The van der Waals surface area contributed by atoms with Gasteiger partial charge in [-0.3, -0.25) is 4.99 Å². The van der Waals surface area contributed by atoms with E-state index in [0.29, 0.717) is 0 Å². The maximum atomic E-state index is 5.60. The van der Waals surface area contributed by atoms with Crippen molar-refractivity contribution in [3.05, 3.63) is 71.8 Å². The fourth-order valence-electron chi connectivity index (χ4n) is 1.46. The summed E-state index contributed by atoms with van der Waals surface area (Å²) in [6.45, 7) is 17.6. The molecule has 0 aliphatic carbocycles. The first-order valence-electron chi connectivity index (χ1n) is 8.56. The molecule has 2 rings (SSSR count). The summed E-state index contributed by atoms with van der Waals surface area (Å²) in [5.41, 5.74) is 10.8. The summed E-state index contributed by atoms with van der Waals surface area (Å²) in [6, 6.07) is 15.7. The predicted octanol–water partition coefficient (Wildman–Crippen LogP) is 6.96. The largest absolute Gasteiger partial charge is 0.399 e. The van der Waals surface area contributed by atoms with Crippen molar-refractivity contribution in [3.8, 4) is 0 Å². The highest BCUT2D eigenvalue weighted by molar-refractivity contribution is 5.82. The quantitative estimate of drug-likeness (QED) is 0.361. The molecule has 2 aromatic rings. The average molecular weight is 327 g/mol. The lowest BCUT2D eigenvalue weighted by atomic mass is 10.1. The van der Waals surface area contributed by atoms with Crippen molar-refractivity contribution in [2.75, 3.05) is 5.73 Å². The molecular formula is C22H34N2. The highest BCUT2D eigenvalue weighted by atomic mass is 14.7. The molecule has 0 saturated carbocycles. The summed E-state index contributed by atoms with van der Waals surface area (Å²) in [6.07, 6.45) is 1.86. The number of hydrogen-bond acceptors (Lipinski definition) is 2. The van der Waals surface area contributed by atoms with Gasteiger partial charge in [-0.2, -0.15) is 0 Å². The third kappa shape index (κ3) is 13.3. The van der Waals surface area contributed by atoms with Crippen molar-refractivity contribution in [1.82, 2.24) is 0 Å². The van der Waals surface area contributed by atoms with Gasteiger partial charge in [0.25, 0.3) is 0 Å². The monoisotopic (exact) mass is 326 g/mol. The number of allylic oxidation sites excluding steroid dienone is 1. The van der Waals surface area contributed by atoms with Crippen LogP contribution < -0.4 is 5.73 Å². The molecule has 0 fully saturated rings. The maximum absolute atomic E-state index is 5.60. The molecule has 0 saturated heterocycles. The number of aliphatic imine (C=N–C) groups is 1. The Morgan fingerprint density at radius 1 is 0.958 bits per heavy atom. The standard InChI is InChI=1S/C14H14N2.C4H8.2C2H6/c1-11-3-2-4-12(9-11)10-16-14-7-5-13(15)6-8-14;1-4(2)3;2*1-2/h2-10H,15H2,1H3;1H2,2-3H3;2*1-2H3. The molecule has 0 unspecified atom stereocenters. The highest BCUT2D eigenvalue weighted by Crippen LogP contribution is 2.14. The van der Waals surface area contributed by atoms with Crippen LogP contribution in [0.4, 0.5) is 11.4 Å². The smallest absolute Gasteiger partial charge is 0.0631 e. The van der Waals surface area contributed by atoms with Crippen LogP contribution in [0.5, 0.6) is 0 Å². The topological polar surface area (TPSA) is 38.4 Å². The van der Waals surface area contributed by atoms with E-state index in [2.05, 4.69) is 30.6 Å². The molecule has 2 heteroatoms. The molecule has 2 N–H and O–H groups in total. The summed E-state index contributed by atoms with van der Waals surface area (Å²) in [5.74, 6) is 0. The molecule has 0 aromatic heterocycles. The first-order chi connectivity index (χ1) is 11.5. The van der Waals surface area contributed by atoms with E-state index >= 15 is 0 Å². The number of nitrogen functional groups attached to an aromatic ring is 1. The fourth-order valence-corrected chi connectivity index (χ4v) is 1.46. The van der Waals surface area contributed by atoms with Crippen LogP contribution in [0.2, 0.25) is 0 Å². The second-order valence-electron chi connectivity index (χ2n) is 4.97. The summed E-state index contributed by atoms with van der Waals surface area (Å²) >= 11 is 0. The third-order valence-corrected chi connectivity index (χ3v) is 2.30. The summed E-state index contributed by atoms with van der Waals surface area (Å²) in [7, 11) is 0. The summed E-state index contributed by atoms with van der Waals surface area (Å²) < 4.78 is 0. The number of benzene rings is 2. The minimum absolute atomic E-state index is 0.759. The number of hydrogen-bond donors (Lipinski definition) is 1. The molecule has 0 spiro atoms.